The van der Waals surface area contributed by atoms with E-state index in [1.165, 1.54) is 42.5 Å². The normalized spacial score (nSPS) is 19.8. The number of benzene rings is 4. The Morgan fingerprint density at radius 1 is 0.833 bits per heavy atom. The molecule has 0 radical (unpaired) electrons. The minimum Gasteiger partial charge on any atom is -0.508 e. The second-order valence-corrected chi connectivity index (χ2v) is 13.2. The number of carbonyl (C=O) groups excluding carboxylic acids is 1. The molecule has 9 heteroatoms. The van der Waals surface area contributed by atoms with Crippen molar-refractivity contribution in [3.63, 3.8) is 0 Å². The zero-order valence-corrected chi connectivity index (χ0v) is 26.4. The van der Waals surface area contributed by atoms with Gasteiger partial charge in [-0.05, 0) is 93.4 Å². The van der Waals surface area contributed by atoms with E-state index in [1.807, 2.05) is 26.8 Å². The third-order valence-corrected chi connectivity index (χ3v) is 9.27. The van der Waals surface area contributed by atoms with E-state index in [-0.39, 0.29) is 45.6 Å². The molecule has 1 aliphatic carbocycles. The van der Waals surface area contributed by atoms with E-state index >= 15 is 0 Å². The van der Waals surface area contributed by atoms with Crippen molar-refractivity contribution >= 4 is 22.8 Å². The number of allylic oxidation sites excluding steroid dienone is 2. The number of ether oxygens (including phenoxy) is 1. The van der Waals surface area contributed by atoms with Crippen LogP contribution in [0.3, 0.4) is 0 Å². The Morgan fingerprint density at radius 3 is 2.27 bits per heavy atom. The van der Waals surface area contributed by atoms with Crippen molar-refractivity contribution in [3.8, 4) is 51.6 Å². The van der Waals surface area contributed by atoms with Crippen LogP contribution in [0.1, 0.15) is 66.1 Å². The molecule has 1 aliphatic heterocycles. The number of ketones is 1. The summed E-state index contributed by atoms with van der Waals surface area (Å²) in [5, 5.41) is 66.1. The van der Waals surface area contributed by atoms with E-state index in [1.54, 1.807) is 36.4 Å². The molecule has 5 aromatic rings. The summed E-state index contributed by atoms with van der Waals surface area (Å²) in [4.78, 5) is 14.7. The SMILES string of the molecule is CC1=C[C@@H](c2c(O)cc(-c3cc4ccc(O)cc4o3)cc2O)[C@@H](C(=O)c2ccc3c(c2O)C=CC(C)(C)O3)[C@H](c2ccc(O)cc2O)C1. The van der Waals surface area contributed by atoms with Gasteiger partial charge >= 0.3 is 0 Å². The predicted molar refractivity (Wildman–Crippen MR) is 180 cm³/mol. The zero-order valence-electron chi connectivity index (χ0n) is 26.4. The van der Waals surface area contributed by atoms with E-state index in [0.29, 0.717) is 45.6 Å². The van der Waals surface area contributed by atoms with Crippen LogP contribution in [0.4, 0.5) is 0 Å². The topological polar surface area (TPSA) is 161 Å². The number of furan rings is 1. The van der Waals surface area contributed by atoms with Crippen molar-refractivity contribution in [2.75, 3.05) is 0 Å². The van der Waals surface area contributed by atoms with Gasteiger partial charge in [-0.2, -0.15) is 0 Å². The minimum atomic E-state index is -1.02. The van der Waals surface area contributed by atoms with Gasteiger partial charge in [-0.15, -0.1) is 0 Å². The standard InChI is InChI=1S/C39H34O9/c1-19-12-27(24-7-6-22(40)17-29(24)42)35(38(46)26-8-9-32-25(37(26)45)10-11-39(2,3)48-32)28(13-19)36-30(43)14-21(15-31(36)44)33-16-20-4-5-23(41)18-34(20)47-33/h4-11,13-18,27-28,35,40-45H,12H2,1-3H3/t27-,28+,35-/m0/s1. The monoisotopic (exact) mass is 646 g/mol. The molecule has 0 unspecified atom stereocenters. The highest BCUT2D eigenvalue weighted by molar-refractivity contribution is 6.03. The number of phenolic OH excluding ortho intramolecular Hbond substituents is 6. The van der Waals surface area contributed by atoms with Crippen molar-refractivity contribution in [2.45, 2.75) is 44.6 Å². The van der Waals surface area contributed by atoms with Crippen molar-refractivity contribution in [3.05, 3.63) is 107 Å². The number of Topliss-reactive ketones (excluding diaryl/α,β-unsaturated/α-hetero) is 1. The van der Waals surface area contributed by atoms with Gasteiger partial charge in [0.2, 0.25) is 0 Å². The molecule has 0 saturated carbocycles. The maximum atomic E-state index is 14.7. The Morgan fingerprint density at radius 2 is 1.54 bits per heavy atom. The first-order chi connectivity index (χ1) is 22.8. The van der Waals surface area contributed by atoms with Crippen LogP contribution in [0.2, 0.25) is 0 Å². The number of phenols is 6. The molecule has 0 fully saturated rings. The van der Waals surface area contributed by atoms with E-state index in [4.69, 9.17) is 9.15 Å². The summed E-state index contributed by atoms with van der Waals surface area (Å²) in [6.45, 7) is 5.62. The smallest absolute Gasteiger partial charge is 0.171 e. The van der Waals surface area contributed by atoms with Gasteiger partial charge in [-0.1, -0.05) is 17.7 Å². The van der Waals surface area contributed by atoms with Gasteiger partial charge in [0.25, 0.3) is 0 Å². The highest BCUT2D eigenvalue weighted by Crippen LogP contribution is 2.54. The van der Waals surface area contributed by atoms with Gasteiger partial charge in [0.15, 0.2) is 5.78 Å². The molecule has 9 nitrogen and oxygen atoms in total. The van der Waals surface area contributed by atoms with Crippen molar-refractivity contribution in [2.24, 2.45) is 5.92 Å². The summed E-state index contributed by atoms with van der Waals surface area (Å²) >= 11 is 0. The number of hydrogen-bond acceptors (Lipinski definition) is 9. The minimum absolute atomic E-state index is 0.0223. The van der Waals surface area contributed by atoms with Gasteiger partial charge < -0.3 is 39.8 Å². The number of fused-ring (bicyclic) bond motifs is 2. The first-order valence-corrected chi connectivity index (χ1v) is 15.6. The number of carbonyl (C=O) groups is 1. The van der Waals surface area contributed by atoms with Crippen molar-refractivity contribution in [1.29, 1.82) is 0 Å². The van der Waals surface area contributed by atoms with E-state index < -0.39 is 29.1 Å². The van der Waals surface area contributed by atoms with Gasteiger partial charge in [0.1, 0.15) is 57.2 Å². The fraction of sp³-hybridized carbons (Fsp3) is 0.205. The first-order valence-electron chi connectivity index (χ1n) is 15.6. The lowest BCUT2D eigenvalue weighted by atomic mass is 9.65. The van der Waals surface area contributed by atoms with Crippen LogP contribution in [-0.2, 0) is 0 Å². The molecule has 0 spiro atoms. The molecule has 0 bridgehead atoms. The lowest BCUT2D eigenvalue weighted by molar-refractivity contribution is 0.0876. The average Bonchev–Trinajstić information content (AvgIpc) is 3.43. The van der Waals surface area contributed by atoms with Crippen molar-refractivity contribution in [1.82, 2.24) is 0 Å². The van der Waals surface area contributed by atoms with E-state index in [0.717, 1.165) is 5.57 Å². The van der Waals surface area contributed by atoms with Crippen molar-refractivity contribution < 1.29 is 44.6 Å². The van der Waals surface area contributed by atoms with Gasteiger partial charge in [-0.25, -0.2) is 0 Å². The molecule has 7 rings (SSSR count). The van der Waals surface area contributed by atoms with Gasteiger partial charge in [0, 0.05) is 46.4 Å². The van der Waals surface area contributed by atoms with Crippen LogP contribution in [0.5, 0.6) is 40.2 Å². The maximum Gasteiger partial charge on any atom is 0.171 e. The third-order valence-electron chi connectivity index (χ3n) is 9.27. The fourth-order valence-electron chi connectivity index (χ4n) is 7.05. The predicted octanol–water partition coefficient (Wildman–Crippen LogP) is 8.23. The fourth-order valence-corrected chi connectivity index (χ4v) is 7.05. The third kappa shape index (κ3) is 5.27. The Labute approximate surface area is 275 Å². The zero-order chi connectivity index (χ0) is 34.1. The molecular weight excluding hydrogens is 612 g/mol. The quantitative estimate of drug-likeness (QED) is 0.0816. The largest absolute Gasteiger partial charge is 0.508 e. The number of hydrogen-bond donors (Lipinski definition) is 6. The summed E-state index contributed by atoms with van der Waals surface area (Å²) in [5.41, 5.74) is 1.91. The first kappa shape index (κ1) is 30.8. The second-order valence-electron chi connectivity index (χ2n) is 13.2. The Hall–Kier alpha value is -5.83. The van der Waals surface area contributed by atoms with Gasteiger partial charge in [-0.3, -0.25) is 4.79 Å². The van der Waals surface area contributed by atoms with Crippen LogP contribution < -0.4 is 4.74 Å². The summed E-state index contributed by atoms with van der Waals surface area (Å²) in [6, 6.07) is 16.6. The summed E-state index contributed by atoms with van der Waals surface area (Å²) in [7, 11) is 0. The number of aromatic hydroxyl groups is 6. The molecule has 3 atom stereocenters. The molecule has 244 valence electrons. The number of rotatable bonds is 5. The molecule has 0 amide bonds. The Balaban J connectivity index is 1.37. The van der Waals surface area contributed by atoms with Crippen LogP contribution in [-0.4, -0.2) is 42.0 Å². The van der Waals surface area contributed by atoms with E-state index in [2.05, 4.69) is 0 Å². The summed E-state index contributed by atoms with van der Waals surface area (Å²) in [6.07, 6.45) is 5.67. The van der Waals surface area contributed by atoms with E-state index in [9.17, 15) is 35.4 Å². The second kappa shape index (κ2) is 11.2. The van der Waals surface area contributed by atoms with Crippen LogP contribution >= 0.6 is 0 Å². The highest BCUT2D eigenvalue weighted by Gasteiger charge is 2.43. The Bertz CT molecular complexity index is 2160. The van der Waals surface area contributed by atoms with Crippen LogP contribution in [0.15, 0.2) is 88.9 Å². The highest BCUT2D eigenvalue weighted by atomic mass is 16.5. The van der Waals surface area contributed by atoms with Crippen LogP contribution in [0, 0.1) is 5.92 Å². The van der Waals surface area contributed by atoms with Gasteiger partial charge in [0.05, 0.1) is 11.1 Å². The molecule has 2 aliphatic rings. The lowest BCUT2D eigenvalue weighted by Crippen LogP contribution is -2.32. The molecule has 0 saturated heterocycles. The molecular formula is C39H34O9. The summed E-state index contributed by atoms with van der Waals surface area (Å²) in [5.74, 6) is -3.45. The molecule has 1 aromatic heterocycles. The Kier molecular flexibility index (Phi) is 7.16. The molecule has 2 heterocycles. The molecule has 6 N–H and O–H groups in total. The lowest BCUT2D eigenvalue weighted by Gasteiger charge is -2.37. The average molecular weight is 647 g/mol. The van der Waals surface area contributed by atoms with Crippen LogP contribution in [0.25, 0.3) is 28.4 Å². The maximum absolute atomic E-state index is 14.7. The molecule has 48 heavy (non-hydrogen) atoms. The molecule has 4 aromatic carbocycles. The summed E-state index contributed by atoms with van der Waals surface area (Å²) < 4.78 is 11.9.